The number of carboxylic acid groups (broad SMARTS) is 2. The van der Waals surface area contributed by atoms with Crippen LogP contribution in [-0.4, -0.2) is 52.6 Å². The lowest BCUT2D eigenvalue weighted by molar-refractivity contribution is -0.142. The highest BCUT2D eigenvalue weighted by molar-refractivity contribution is 6.31. The third-order valence-corrected chi connectivity index (χ3v) is 2.58. The van der Waals surface area contributed by atoms with Crippen molar-refractivity contribution in [2.24, 2.45) is 0 Å². The van der Waals surface area contributed by atoms with Gasteiger partial charge in [-0.3, -0.25) is 19.3 Å². The van der Waals surface area contributed by atoms with Gasteiger partial charge in [0.25, 0.3) is 0 Å². The number of hydrogen-bond donors (Lipinski definition) is 3. The zero-order valence-corrected chi connectivity index (χ0v) is 11.4. The van der Waals surface area contributed by atoms with Crippen LogP contribution in [0.2, 0.25) is 5.02 Å². The second-order valence-electron chi connectivity index (χ2n) is 4.11. The normalized spacial score (nSPS) is 10.4. The highest BCUT2D eigenvalue weighted by Gasteiger charge is 2.17. The number of nitrogens with zero attached hydrogens (tertiary/aromatic N) is 1. The van der Waals surface area contributed by atoms with Crippen molar-refractivity contribution in [3.63, 3.8) is 0 Å². The fourth-order valence-electron chi connectivity index (χ4n) is 1.53. The van der Waals surface area contributed by atoms with E-state index in [-0.39, 0.29) is 10.7 Å². The Hall–Kier alpha value is -2.19. The van der Waals surface area contributed by atoms with Crippen LogP contribution in [0.3, 0.4) is 0 Å². The second-order valence-corrected chi connectivity index (χ2v) is 4.52. The van der Waals surface area contributed by atoms with Gasteiger partial charge in [-0.2, -0.15) is 0 Å². The SMILES string of the molecule is O=C(O)CN(CC(=O)O)CC(=O)Nc1ccc(F)c(Cl)c1. The number of aliphatic carboxylic acids is 2. The van der Waals surface area contributed by atoms with Gasteiger partial charge < -0.3 is 15.5 Å². The molecule has 0 spiro atoms. The third-order valence-electron chi connectivity index (χ3n) is 2.29. The average molecular weight is 319 g/mol. The Kier molecular flexibility index (Phi) is 6.07. The predicted molar refractivity (Wildman–Crippen MR) is 71.8 cm³/mol. The quantitative estimate of drug-likeness (QED) is 0.689. The minimum absolute atomic E-state index is 0.180. The number of anilines is 1. The summed E-state index contributed by atoms with van der Waals surface area (Å²) in [5.41, 5.74) is 0.219. The molecule has 0 fully saturated rings. The van der Waals surface area contributed by atoms with Crippen LogP contribution in [0.25, 0.3) is 0 Å². The number of halogens is 2. The van der Waals surface area contributed by atoms with Crippen molar-refractivity contribution in [3.8, 4) is 0 Å². The van der Waals surface area contributed by atoms with Gasteiger partial charge in [0.05, 0.1) is 24.7 Å². The Bertz CT molecular complexity index is 551. The Morgan fingerprint density at radius 3 is 2.19 bits per heavy atom. The van der Waals surface area contributed by atoms with Gasteiger partial charge in [0.1, 0.15) is 5.82 Å². The number of carbonyl (C=O) groups excluding carboxylic acids is 1. The molecule has 114 valence electrons. The van der Waals surface area contributed by atoms with E-state index < -0.39 is 43.3 Å². The van der Waals surface area contributed by atoms with Gasteiger partial charge in [0, 0.05) is 5.69 Å². The molecular weight excluding hydrogens is 307 g/mol. The largest absolute Gasteiger partial charge is 0.480 e. The van der Waals surface area contributed by atoms with E-state index in [0.29, 0.717) is 0 Å². The number of hydrogen-bond acceptors (Lipinski definition) is 4. The van der Waals surface area contributed by atoms with Crippen LogP contribution in [0.1, 0.15) is 0 Å². The van der Waals surface area contributed by atoms with Crippen molar-refractivity contribution in [2.75, 3.05) is 25.0 Å². The van der Waals surface area contributed by atoms with E-state index in [9.17, 15) is 18.8 Å². The lowest BCUT2D eigenvalue weighted by Gasteiger charge is -2.17. The maximum Gasteiger partial charge on any atom is 0.317 e. The standard InChI is InChI=1S/C12H12ClFN2O5/c13-8-3-7(1-2-9(8)14)15-10(17)4-16(5-11(18)19)6-12(20)21/h1-3H,4-6H2,(H,15,17)(H,18,19)(H,20,21). The molecule has 9 heteroatoms. The van der Waals surface area contributed by atoms with Crippen LogP contribution in [0.15, 0.2) is 18.2 Å². The lowest BCUT2D eigenvalue weighted by atomic mass is 10.3. The van der Waals surface area contributed by atoms with Crippen LogP contribution in [0, 0.1) is 5.82 Å². The molecule has 0 bridgehead atoms. The van der Waals surface area contributed by atoms with E-state index in [0.717, 1.165) is 11.0 Å². The summed E-state index contributed by atoms with van der Waals surface area (Å²) in [7, 11) is 0. The van der Waals surface area contributed by atoms with Gasteiger partial charge in [-0.05, 0) is 18.2 Å². The first-order chi connectivity index (χ1) is 9.77. The first-order valence-corrected chi connectivity index (χ1v) is 6.06. The molecule has 0 aliphatic rings. The molecule has 1 aromatic rings. The smallest absolute Gasteiger partial charge is 0.317 e. The number of carbonyl (C=O) groups is 3. The zero-order valence-electron chi connectivity index (χ0n) is 10.7. The van der Waals surface area contributed by atoms with Crippen LogP contribution in [0.4, 0.5) is 10.1 Å². The van der Waals surface area contributed by atoms with Crippen LogP contribution in [0.5, 0.6) is 0 Å². The molecule has 1 aromatic carbocycles. The van der Waals surface area contributed by atoms with Crippen LogP contribution >= 0.6 is 11.6 Å². The Morgan fingerprint density at radius 2 is 1.71 bits per heavy atom. The molecule has 0 radical (unpaired) electrons. The van der Waals surface area contributed by atoms with Crippen molar-refractivity contribution in [1.82, 2.24) is 4.90 Å². The monoisotopic (exact) mass is 318 g/mol. The molecule has 0 aliphatic heterocycles. The molecule has 1 rings (SSSR count). The summed E-state index contributed by atoms with van der Waals surface area (Å²) in [6.45, 7) is -1.62. The topological polar surface area (TPSA) is 107 Å². The molecule has 0 heterocycles. The van der Waals surface area contributed by atoms with Crippen LogP contribution < -0.4 is 5.32 Å². The lowest BCUT2D eigenvalue weighted by Crippen LogP contribution is -2.40. The molecule has 0 aromatic heterocycles. The van der Waals surface area contributed by atoms with Crippen molar-refractivity contribution in [3.05, 3.63) is 29.0 Å². The van der Waals surface area contributed by atoms with E-state index in [1.54, 1.807) is 0 Å². The average Bonchev–Trinajstić information content (AvgIpc) is 2.31. The molecule has 0 saturated heterocycles. The minimum atomic E-state index is -1.26. The van der Waals surface area contributed by atoms with E-state index in [4.69, 9.17) is 21.8 Å². The minimum Gasteiger partial charge on any atom is -0.480 e. The van der Waals surface area contributed by atoms with Gasteiger partial charge in [-0.15, -0.1) is 0 Å². The summed E-state index contributed by atoms with van der Waals surface area (Å²) in [4.78, 5) is 33.8. The Labute approximate surface area is 123 Å². The maximum absolute atomic E-state index is 12.9. The first kappa shape index (κ1) is 16.9. The summed E-state index contributed by atoms with van der Waals surface area (Å²) in [5.74, 6) is -3.80. The number of nitrogens with one attached hydrogen (secondary N) is 1. The van der Waals surface area contributed by atoms with Gasteiger partial charge in [0.2, 0.25) is 5.91 Å². The number of amides is 1. The number of carboxylic acids is 2. The third kappa shape index (κ3) is 6.19. The van der Waals surface area contributed by atoms with Crippen molar-refractivity contribution < 1.29 is 29.0 Å². The van der Waals surface area contributed by atoms with Gasteiger partial charge in [0.15, 0.2) is 0 Å². The van der Waals surface area contributed by atoms with Crippen molar-refractivity contribution in [1.29, 1.82) is 0 Å². The molecule has 21 heavy (non-hydrogen) atoms. The summed E-state index contributed by atoms with van der Waals surface area (Å²) < 4.78 is 12.9. The fraction of sp³-hybridized carbons (Fsp3) is 0.250. The van der Waals surface area contributed by atoms with Gasteiger partial charge >= 0.3 is 11.9 Å². The number of benzene rings is 1. The molecular formula is C12H12ClFN2O5. The molecule has 7 nitrogen and oxygen atoms in total. The molecule has 1 amide bonds. The summed E-state index contributed by atoms with van der Waals surface area (Å²) in [6, 6.07) is 3.52. The summed E-state index contributed by atoms with van der Waals surface area (Å²) in [5, 5.41) is 19.5. The van der Waals surface area contributed by atoms with E-state index >= 15 is 0 Å². The van der Waals surface area contributed by atoms with E-state index in [1.165, 1.54) is 12.1 Å². The molecule has 0 unspecified atom stereocenters. The van der Waals surface area contributed by atoms with Crippen molar-refractivity contribution in [2.45, 2.75) is 0 Å². The first-order valence-electron chi connectivity index (χ1n) is 5.68. The Balaban J connectivity index is 2.66. The maximum atomic E-state index is 12.9. The highest BCUT2D eigenvalue weighted by atomic mass is 35.5. The molecule has 0 atom stereocenters. The van der Waals surface area contributed by atoms with E-state index in [1.807, 2.05) is 0 Å². The summed E-state index contributed by atoms with van der Waals surface area (Å²) >= 11 is 5.55. The summed E-state index contributed by atoms with van der Waals surface area (Å²) in [6.07, 6.45) is 0. The second kappa shape index (κ2) is 7.55. The highest BCUT2D eigenvalue weighted by Crippen LogP contribution is 2.19. The number of rotatable bonds is 7. The van der Waals surface area contributed by atoms with Gasteiger partial charge in [-0.25, -0.2) is 4.39 Å². The Morgan fingerprint density at radius 1 is 1.14 bits per heavy atom. The van der Waals surface area contributed by atoms with Crippen LogP contribution in [-0.2, 0) is 14.4 Å². The van der Waals surface area contributed by atoms with Gasteiger partial charge in [-0.1, -0.05) is 11.6 Å². The fourth-order valence-corrected chi connectivity index (χ4v) is 1.71. The molecule has 3 N–H and O–H groups in total. The zero-order chi connectivity index (χ0) is 16.0. The molecule has 0 aliphatic carbocycles. The molecule has 0 saturated carbocycles. The predicted octanol–water partition coefficient (Wildman–Crippen LogP) is 0.889. The van der Waals surface area contributed by atoms with Crippen molar-refractivity contribution >= 4 is 35.1 Å². The van der Waals surface area contributed by atoms with E-state index in [2.05, 4.69) is 5.32 Å².